The maximum atomic E-state index is 12.5. The Morgan fingerprint density at radius 2 is 1.72 bits per heavy atom. The molecule has 0 aromatic heterocycles. The summed E-state index contributed by atoms with van der Waals surface area (Å²) in [7, 11) is 0. The number of oxime groups is 1. The minimum atomic E-state index is -4.36. The van der Waals surface area contributed by atoms with E-state index in [0.717, 1.165) is 17.7 Å². The van der Waals surface area contributed by atoms with E-state index in [1.165, 1.54) is 24.4 Å². The highest BCUT2D eigenvalue weighted by atomic mass is 35.5. The highest BCUT2D eigenvalue weighted by Crippen LogP contribution is 2.33. The molecular weight excluding hydrogens is 490 g/mol. The van der Waals surface area contributed by atoms with Crippen LogP contribution in [0.25, 0.3) is 0 Å². The first-order chi connectivity index (χ1) is 15.2. The molecule has 0 unspecified atom stereocenters. The van der Waals surface area contributed by atoms with Crippen LogP contribution in [0.15, 0.2) is 52.1 Å². The molecule has 2 rings (SSSR count). The number of halogens is 6. The third-order valence-corrected chi connectivity index (χ3v) is 4.67. The molecule has 0 atom stereocenters. The van der Waals surface area contributed by atoms with Gasteiger partial charge >= 0.3 is 6.18 Å². The van der Waals surface area contributed by atoms with Crippen LogP contribution >= 0.6 is 34.8 Å². The van der Waals surface area contributed by atoms with Crippen molar-refractivity contribution in [3.05, 3.63) is 68.7 Å². The summed E-state index contributed by atoms with van der Waals surface area (Å²) in [6.45, 7) is 2.85. The molecule has 0 N–H and O–H groups in total. The van der Waals surface area contributed by atoms with Gasteiger partial charge in [-0.2, -0.15) is 13.2 Å². The van der Waals surface area contributed by atoms with Crippen molar-refractivity contribution >= 4 is 41.0 Å². The van der Waals surface area contributed by atoms with Gasteiger partial charge in [-0.1, -0.05) is 52.1 Å². The van der Waals surface area contributed by atoms with Crippen molar-refractivity contribution in [1.82, 2.24) is 0 Å². The fourth-order valence-electron chi connectivity index (χ4n) is 2.52. The highest BCUT2D eigenvalue weighted by molar-refractivity contribution is 6.55. The van der Waals surface area contributed by atoms with Gasteiger partial charge in [0.2, 0.25) is 0 Å². The van der Waals surface area contributed by atoms with E-state index in [9.17, 15) is 13.2 Å². The Labute approximate surface area is 199 Å². The lowest BCUT2D eigenvalue weighted by Gasteiger charge is -2.13. The Balaban J connectivity index is 1.68. The number of nitrogens with zero attached hydrogens (tertiary/aromatic N) is 1. The second-order valence-electron chi connectivity index (χ2n) is 6.60. The lowest BCUT2D eigenvalue weighted by Crippen LogP contribution is -2.04. The van der Waals surface area contributed by atoms with Gasteiger partial charge in [-0.15, -0.1) is 0 Å². The lowest BCUT2D eigenvalue weighted by molar-refractivity contribution is -0.137. The Bertz CT molecular complexity index is 905. The van der Waals surface area contributed by atoms with Crippen LogP contribution in [-0.4, -0.2) is 26.0 Å². The van der Waals surface area contributed by atoms with E-state index in [1.54, 1.807) is 12.1 Å². The van der Waals surface area contributed by atoms with E-state index in [4.69, 9.17) is 49.1 Å². The quantitative estimate of drug-likeness (QED) is 0.178. The molecule has 0 bridgehead atoms. The van der Waals surface area contributed by atoms with Crippen LogP contribution in [0.5, 0.6) is 11.5 Å². The first-order valence-corrected chi connectivity index (χ1v) is 10.7. The molecule has 0 saturated heterocycles. The molecule has 2 aromatic rings. The fraction of sp³-hybridized carbons (Fsp3) is 0.318. The average Bonchev–Trinajstić information content (AvgIpc) is 2.71. The zero-order valence-electron chi connectivity index (χ0n) is 17.1. The number of alkyl halides is 3. The summed E-state index contributed by atoms with van der Waals surface area (Å²) >= 11 is 17.4. The lowest BCUT2D eigenvalue weighted by atomic mass is 10.1. The number of aryl methyl sites for hydroxylation is 1. The Morgan fingerprint density at radius 3 is 2.34 bits per heavy atom. The van der Waals surface area contributed by atoms with Crippen molar-refractivity contribution in [3.8, 4) is 11.5 Å². The van der Waals surface area contributed by atoms with Crippen molar-refractivity contribution in [2.75, 3.05) is 19.8 Å². The van der Waals surface area contributed by atoms with E-state index in [1.807, 2.05) is 6.92 Å². The van der Waals surface area contributed by atoms with E-state index < -0.39 is 11.7 Å². The van der Waals surface area contributed by atoms with Gasteiger partial charge in [-0.05, 0) is 55.2 Å². The molecule has 0 saturated carbocycles. The monoisotopic (exact) mass is 509 g/mol. The third kappa shape index (κ3) is 9.18. The second-order valence-corrected chi connectivity index (χ2v) is 8.01. The van der Waals surface area contributed by atoms with E-state index in [2.05, 4.69) is 5.16 Å². The van der Waals surface area contributed by atoms with Gasteiger partial charge in [0.25, 0.3) is 0 Å². The van der Waals surface area contributed by atoms with Crippen molar-refractivity contribution < 1.29 is 27.5 Å². The van der Waals surface area contributed by atoms with Gasteiger partial charge in [0.15, 0.2) is 0 Å². The number of benzene rings is 2. The summed E-state index contributed by atoms with van der Waals surface area (Å²) < 4.78 is 48.9. The fourth-order valence-corrected chi connectivity index (χ4v) is 2.96. The van der Waals surface area contributed by atoms with Crippen LogP contribution in [0.1, 0.15) is 29.5 Å². The number of ether oxygens (including phenoxy) is 2. The number of unbranched alkanes of at least 4 members (excludes halogenated alkanes) is 1. The van der Waals surface area contributed by atoms with Crippen molar-refractivity contribution in [3.63, 3.8) is 0 Å². The van der Waals surface area contributed by atoms with Crippen molar-refractivity contribution in [1.29, 1.82) is 0 Å². The molecule has 0 aliphatic carbocycles. The summed E-state index contributed by atoms with van der Waals surface area (Å²) in [5, 5.41) is 4.19. The van der Waals surface area contributed by atoms with Crippen LogP contribution in [-0.2, 0) is 11.0 Å². The second kappa shape index (κ2) is 12.8. The maximum absolute atomic E-state index is 12.5. The third-order valence-electron chi connectivity index (χ3n) is 4.08. The minimum Gasteiger partial charge on any atom is -0.492 e. The molecule has 0 amide bonds. The standard InChI is InChI=1S/C22H21Cl3F3NO3/c1-15-12-18(30-11-8-20(24)25)13-19(23)21(15)31-9-2-3-10-32-29-14-16-4-6-17(7-5-16)22(26,27)28/h4-8,12-14H,2-3,9-11H2,1H3. The number of hydrogen-bond donors (Lipinski definition) is 0. The normalized spacial score (nSPS) is 11.5. The average molecular weight is 511 g/mol. The summed E-state index contributed by atoms with van der Waals surface area (Å²) in [4.78, 5) is 5.13. The molecule has 0 fully saturated rings. The Hall–Kier alpha value is -2.09. The Kier molecular flexibility index (Phi) is 10.5. The molecule has 174 valence electrons. The molecule has 0 spiro atoms. The molecule has 2 aromatic carbocycles. The first-order valence-electron chi connectivity index (χ1n) is 9.56. The largest absolute Gasteiger partial charge is 0.492 e. The first kappa shape index (κ1) is 26.2. The summed E-state index contributed by atoms with van der Waals surface area (Å²) in [5.41, 5.74) is 0.632. The van der Waals surface area contributed by atoms with E-state index >= 15 is 0 Å². The molecule has 0 heterocycles. The van der Waals surface area contributed by atoms with E-state index in [-0.39, 0.29) is 11.1 Å². The summed E-state index contributed by atoms with van der Waals surface area (Å²) in [6.07, 6.45) is -0.104. The van der Waals surface area contributed by atoms with E-state index in [0.29, 0.717) is 48.1 Å². The zero-order valence-corrected chi connectivity index (χ0v) is 19.4. The van der Waals surface area contributed by atoms with Gasteiger partial charge < -0.3 is 14.3 Å². The van der Waals surface area contributed by atoms with Crippen LogP contribution < -0.4 is 9.47 Å². The predicted octanol–water partition coefficient (Wildman–Crippen LogP) is 7.57. The number of rotatable bonds is 11. The SMILES string of the molecule is Cc1cc(OCC=C(Cl)Cl)cc(Cl)c1OCCCCON=Cc1ccc(C(F)(F)F)cc1. The summed E-state index contributed by atoms with van der Waals surface area (Å²) in [5.74, 6) is 1.15. The van der Waals surface area contributed by atoms with Crippen LogP contribution in [0.2, 0.25) is 5.02 Å². The summed E-state index contributed by atoms with van der Waals surface area (Å²) in [6, 6.07) is 8.11. The van der Waals surface area contributed by atoms with Gasteiger partial charge in [-0.3, -0.25) is 0 Å². The van der Waals surface area contributed by atoms with Crippen LogP contribution in [0.4, 0.5) is 13.2 Å². The van der Waals surface area contributed by atoms with Gasteiger partial charge in [0.05, 0.1) is 23.4 Å². The molecular formula is C22H21Cl3F3NO3. The molecule has 10 heteroatoms. The zero-order chi connectivity index (χ0) is 23.6. The smallest absolute Gasteiger partial charge is 0.416 e. The molecule has 0 radical (unpaired) electrons. The van der Waals surface area contributed by atoms with Crippen LogP contribution in [0, 0.1) is 6.92 Å². The maximum Gasteiger partial charge on any atom is 0.416 e. The minimum absolute atomic E-state index is 0.127. The molecule has 4 nitrogen and oxygen atoms in total. The van der Waals surface area contributed by atoms with Crippen LogP contribution in [0.3, 0.4) is 0 Å². The Morgan fingerprint density at radius 1 is 1.03 bits per heavy atom. The molecule has 0 aliphatic heterocycles. The van der Waals surface area contributed by atoms with Gasteiger partial charge in [0, 0.05) is 6.07 Å². The van der Waals surface area contributed by atoms with Gasteiger partial charge in [-0.25, -0.2) is 0 Å². The molecule has 0 aliphatic rings. The topological polar surface area (TPSA) is 40.0 Å². The van der Waals surface area contributed by atoms with Gasteiger partial charge in [0.1, 0.15) is 29.2 Å². The molecule has 32 heavy (non-hydrogen) atoms. The highest BCUT2D eigenvalue weighted by Gasteiger charge is 2.29. The number of hydrogen-bond acceptors (Lipinski definition) is 4. The van der Waals surface area contributed by atoms with Crippen molar-refractivity contribution in [2.45, 2.75) is 25.9 Å². The van der Waals surface area contributed by atoms with Crippen molar-refractivity contribution in [2.24, 2.45) is 5.16 Å². The predicted molar refractivity (Wildman–Crippen MR) is 121 cm³/mol.